The van der Waals surface area contributed by atoms with Crippen LogP contribution < -0.4 is 0 Å². The number of tetrazole rings is 1. The monoisotopic (exact) mass is 144 g/mol. The van der Waals surface area contributed by atoms with Gasteiger partial charge in [-0.05, 0) is 5.21 Å². The number of aldehydes is 1. The Balaban J connectivity index is 2.38. The third kappa shape index (κ3) is 1.80. The number of nitrogens with zero attached hydrogens (tertiary/aromatic N) is 3. The molecule has 6 heteroatoms. The van der Waals surface area contributed by atoms with E-state index in [1.807, 2.05) is 0 Å². The van der Waals surface area contributed by atoms with E-state index in [4.69, 9.17) is 0 Å². The number of H-pyrrole nitrogens is 1. The quantitative estimate of drug-likeness (QED) is 0.457. The molecule has 0 amide bonds. The van der Waals surface area contributed by atoms with Gasteiger partial charge in [0.1, 0.15) is 6.29 Å². The predicted octanol–water partition coefficient (Wildman–Crippen LogP) is -0.509. The molecule has 0 saturated carbocycles. The summed E-state index contributed by atoms with van der Waals surface area (Å²) >= 11 is 1.24. The first-order valence-corrected chi connectivity index (χ1v) is 3.22. The third-order valence-electron chi connectivity index (χ3n) is 0.606. The Hall–Kier alpha value is -0.910. The number of aromatic amines is 1. The summed E-state index contributed by atoms with van der Waals surface area (Å²) in [4.78, 5) is 9.79. The average molecular weight is 144 g/mol. The number of rotatable bonds is 3. The molecule has 0 aliphatic rings. The van der Waals surface area contributed by atoms with Crippen LogP contribution in [0.3, 0.4) is 0 Å². The molecule has 48 valence electrons. The second-order valence-corrected chi connectivity index (χ2v) is 2.16. The minimum Gasteiger partial charge on any atom is -0.302 e. The molecule has 1 aromatic heterocycles. The summed E-state index contributed by atoms with van der Waals surface area (Å²) in [7, 11) is 0. The van der Waals surface area contributed by atoms with Crippen molar-refractivity contribution in [1.29, 1.82) is 0 Å². The molecule has 0 unspecified atom stereocenters. The van der Waals surface area contributed by atoms with Crippen LogP contribution in [0.4, 0.5) is 0 Å². The molecule has 1 aromatic rings. The molecule has 1 N–H and O–H groups in total. The highest BCUT2D eigenvalue weighted by Crippen LogP contribution is 2.06. The lowest BCUT2D eigenvalue weighted by Crippen LogP contribution is -1.80. The van der Waals surface area contributed by atoms with Gasteiger partial charge in [0.05, 0.1) is 5.75 Å². The van der Waals surface area contributed by atoms with E-state index < -0.39 is 0 Å². The van der Waals surface area contributed by atoms with Gasteiger partial charge in [0, 0.05) is 0 Å². The first-order valence-electron chi connectivity index (χ1n) is 2.23. The largest absolute Gasteiger partial charge is 0.302 e. The van der Waals surface area contributed by atoms with Crippen LogP contribution in [0.15, 0.2) is 5.16 Å². The van der Waals surface area contributed by atoms with E-state index >= 15 is 0 Å². The molecule has 0 aromatic carbocycles. The van der Waals surface area contributed by atoms with Crippen molar-refractivity contribution in [3.8, 4) is 0 Å². The molecule has 5 nitrogen and oxygen atoms in total. The van der Waals surface area contributed by atoms with Gasteiger partial charge in [-0.1, -0.05) is 11.8 Å². The van der Waals surface area contributed by atoms with Crippen molar-refractivity contribution in [1.82, 2.24) is 20.6 Å². The molecule has 0 fully saturated rings. The number of nitrogens with one attached hydrogen (secondary N) is 1. The normalized spacial score (nSPS) is 9.33. The van der Waals surface area contributed by atoms with Gasteiger partial charge < -0.3 is 4.79 Å². The van der Waals surface area contributed by atoms with E-state index in [0.29, 0.717) is 10.9 Å². The van der Waals surface area contributed by atoms with Gasteiger partial charge in [-0.25, -0.2) is 0 Å². The van der Waals surface area contributed by atoms with E-state index in [0.717, 1.165) is 6.29 Å². The van der Waals surface area contributed by atoms with E-state index in [2.05, 4.69) is 20.6 Å². The summed E-state index contributed by atoms with van der Waals surface area (Å²) in [6.07, 6.45) is 0.793. The second kappa shape index (κ2) is 3.18. The smallest absolute Gasteiger partial charge is 0.231 e. The first-order chi connectivity index (χ1) is 4.43. The number of carbonyl (C=O) groups is 1. The van der Waals surface area contributed by atoms with Crippen LogP contribution >= 0.6 is 11.8 Å². The molecule has 1 rings (SSSR count). The predicted molar refractivity (Wildman–Crippen MR) is 31.0 cm³/mol. The maximum absolute atomic E-state index is 9.79. The van der Waals surface area contributed by atoms with E-state index in [1.165, 1.54) is 11.8 Å². The Labute approximate surface area is 55.2 Å². The van der Waals surface area contributed by atoms with Gasteiger partial charge >= 0.3 is 0 Å². The van der Waals surface area contributed by atoms with Crippen molar-refractivity contribution in [2.45, 2.75) is 5.16 Å². The van der Waals surface area contributed by atoms with Gasteiger partial charge in [-0.2, -0.15) is 5.21 Å². The molecule has 0 saturated heterocycles. The summed E-state index contributed by atoms with van der Waals surface area (Å²) < 4.78 is 0. The molecular weight excluding hydrogens is 140 g/mol. The number of hydrogen-bond donors (Lipinski definition) is 1. The van der Waals surface area contributed by atoms with Crippen molar-refractivity contribution in [2.75, 3.05) is 5.75 Å². The summed E-state index contributed by atoms with van der Waals surface area (Å²) in [5.41, 5.74) is 0. The van der Waals surface area contributed by atoms with Crippen LogP contribution in [0.1, 0.15) is 0 Å². The van der Waals surface area contributed by atoms with Crippen molar-refractivity contribution >= 4 is 18.0 Å². The van der Waals surface area contributed by atoms with Crippen LogP contribution in [-0.2, 0) is 4.79 Å². The zero-order chi connectivity index (χ0) is 6.53. The number of hydrogen-bond acceptors (Lipinski definition) is 5. The Morgan fingerprint density at radius 1 is 1.78 bits per heavy atom. The standard InChI is InChI=1S/C3H4N4OS/c8-1-2-9-3-4-6-7-5-3/h1H,2H2,(H,4,5,6,7). The minimum atomic E-state index is 0.375. The summed E-state index contributed by atoms with van der Waals surface area (Å²) in [6, 6.07) is 0. The SMILES string of the molecule is O=CCSc1nn[nH]n1. The Morgan fingerprint density at radius 2 is 2.67 bits per heavy atom. The lowest BCUT2D eigenvalue weighted by atomic mass is 10.9. The maximum Gasteiger partial charge on any atom is 0.231 e. The highest BCUT2D eigenvalue weighted by Gasteiger charge is 1.94. The van der Waals surface area contributed by atoms with E-state index in [9.17, 15) is 4.79 Å². The zero-order valence-electron chi connectivity index (χ0n) is 4.44. The van der Waals surface area contributed by atoms with Gasteiger partial charge in [0.25, 0.3) is 0 Å². The molecule has 1 heterocycles. The molecule has 0 spiro atoms. The summed E-state index contributed by atoms with van der Waals surface area (Å²) in [6.45, 7) is 0. The van der Waals surface area contributed by atoms with Crippen LogP contribution in [0.2, 0.25) is 0 Å². The number of aromatic nitrogens is 4. The van der Waals surface area contributed by atoms with E-state index in [-0.39, 0.29) is 0 Å². The highest BCUT2D eigenvalue weighted by atomic mass is 32.2. The third-order valence-corrected chi connectivity index (χ3v) is 1.34. The summed E-state index contributed by atoms with van der Waals surface area (Å²) in [5, 5.41) is 13.3. The summed E-state index contributed by atoms with van der Waals surface area (Å²) in [5.74, 6) is 0.375. The Morgan fingerprint density at radius 3 is 3.22 bits per heavy atom. The highest BCUT2D eigenvalue weighted by molar-refractivity contribution is 7.99. The fourth-order valence-electron chi connectivity index (χ4n) is 0.322. The van der Waals surface area contributed by atoms with Gasteiger partial charge in [0.15, 0.2) is 0 Å². The molecule has 9 heavy (non-hydrogen) atoms. The Kier molecular flexibility index (Phi) is 2.20. The zero-order valence-corrected chi connectivity index (χ0v) is 5.26. The molecule has 0 aliphatic heterocycles. The lowest BCUT2D eigenvalue weighted by molar-refractivity contribution is -0.105. The fraction of sp³-hybridized carbons (Fsp3) is 0.333. The number of carbonyl (C=O) groups excluding carboxylic acids is 1. The fourth-order valence-corrected chi connectivity index (χ4v) is 0.743. The van der Waals surface area contributed by atoms with Crippen LogP contribution in [0.5, 0.6) is 0 Å². The topological polar surface area (TPSA) is 71.5 Å². The van der Waals surface area contributed by atoms with Crippen molar-refractivity contribution in [2.24, 2.45) is 0 Å². The molecule has 0 bridgehead atoms. The van der Waals surface area contributed by atoms with Crippen molar-refractivity contribution in [3.05, 3.63) is 0 Å². The van der Waals surface area contributed by atoms with Gasteiger partial charge in [0.2, 0.25) is 5.16 Å². The molecule has 0 atom stereocenters. The first kappa shape index (κ1) is 6.21. The molecular formula is C3H4N4OS. The van der Waals surface area contributed by atoms with Crippen molar-refractivity contribution in [3.63, 3.8) is 0 Å². The van der Waals surface area contributed by atoms with Gasteiger partial charge in [-0.3, -0.25) is 0 Å². The maximum atomic E-state index is 9.79. The average Bonchev–Trinajstić information content (AvgIpc) is 2.34. The lowest BCUT2D eigenvalue weighted by Gasteiger charge is -1.80. The minimum absolute atomic E-state index is 0.375. The molecule has 0 radical (unpaired) electrons. The number of thioether (sulfide) groups is 1. The van der Waals surface area contributed by atoms with Crippen molar-refractivity contribution < 1.29 is 4.79 Å². The van der Waals surface area contributed by atoms with Crippen LogP contribution in [-0.4, -0.2) is 32.7 Å². The van der Waals surface area contributed by atoms with E-state index in [1.54, 1.807) is 0 Å². The van der Waals surface area contributed by atoms with Crippen LogP contribution in [0, 0.1) is 0 Å². The second-order valence-electron chi connectivity index (χ2n) is 1.17. The van der Waals surface area contributed by atoms with Gasteiger partial charge in [-0.15, -0.1) is 10.2 Å². The Bertz CT molecular complexity index is 174. The molecule has 0 aliphatic carbocycles. The van der Waals surface area contributed by atoms with Crippen LogP contribution in [0.25, 0.3) is 0 Å².